The first-order chi connectivity index (χ1) is 12.0. The maximum atomic E-state index is 12.6. The lowest BCUT2D eigenvalue weighted by molar-refractivity contribution is -0.132. The molecule has 0 aliphatic rings. The molecule has 1 rings (SSSR count). The van der Waals surface area contributed by atoms with Crippen molar-refractivity contribution in [2.75, 3.05) is 11.9 Å². The van der Waals surface area contributed by atoms with Crippen LogP contribution in [0.5, 0.6) is 0 Å². The number of carbonyl (C=O) groups excluding carboxylic acids is 3. The van der Waals surface area contributed by atoms with Gasteiger partial charge >= 0.3 is 5.97 Å². The number of rotatable bonds is 7. The first kappa shape index (κ1) is 21.7. The standard InChI is InChI=1S/C20H30N2O4/c1-7-26-18(24)14-8-10-15(11-9-14)21-17(23)16(12-13(2)3)22-19(25)20(4,5)6/h8-11,13,16H,7,12H2,1-6H3,(H,21,23)(H,22,25)/t16-/m0/s1. The molecule has 0 aliphatic carbocycles. The Kier molecular flexibility index (Phi) is 7.80. The zero-order valence-corrected chi connectivity index (χ0v) is 16.5. The van der Waals surface area contributed by atoms with Crippen molar-refractivity contribution in [2.24, 2.45) is 11.3 Å². The summed E-state index contributed by atoms with van der Waals surface area (Å²) < 4.78 is 4.93. The zero-order valence-electron chi connectivity index (χ0n) is 16.5. The van der Waals surface area contributed by atoms with Crippen molar-refractivity contribution in [1.29, 1.82) is 0 Å². The van der Waals surface area contributed by atoms with Crippen LogP contribution in [0.1, 0.15) is 58.3 Å². The van der Waals surface area contributed by atoms with Gasteiger partial charge in [-0.1, -0.05) is 34.6 Å². The predicted octanol–water partition coefficient (Wildman–Crippen LogP) is 3.38. The second kappa shape index (κ2) is 9.36. The minimum Gasteiger partial charge on any atom is -0.462 e. The van der Waals surface area contributed by atoms with Gasteiger partial charge in [0.1, 0.15) is 6.04 Å². The van der Waals surface area contributed by atoms with E-state index < -0.39 is 17.4 Å². The average Bonchev–Trinajstić information content (AvgIpc) is 2.53. The summed E-state index contributed by atoms with van der Waals surface area (Å²) in [4.78, 5) is 36.5. The van der Waals surface area contributed by atoms with Crippen LogP contribution in [0.4, 0.5) is 5.69 Å². The number of hydrogen-bond donors (Lipinski definition) is 2. The van der Waals surface area contributed by atoms with Gasteiger partial charge in [0.2, 0.25) is 11.8 Å². The van der Waals surface area contributed by atoms with Crippen molar-refractivity contribution >= 4 is 23.5 Å². The van der Waals surface area contributed by atoms with Crippen LogP contribution in [0.3, 0.4) is 0 Å². The summed E-state index contributed by atoms with van der Waals surface area (Å²) >= 11 is 0. The monoisotopic (exact) mass is 362 g/mol. The Labute approximate surface area is 155 Å². The van der Waals surface area contributed by atoms with Crippen LogP contribution in [0, 0.1) is 11.3 Å². The number of anilines is 1. The summed E-state index contributed by atoms with van der Waals surface area (Å²) in [7, 11) is 0. The van der Waals surface area contributed by atoms with E-state index in [4.69, 9.17) is 4.74 Å². The van der Waals surface area contributed by atoms with E-state index in [9.17, 15) is 14.4 Å². The fourth-order valence-electron chi connectivity index (χ4n) is 2.21. The van der Waals surface area contributed by atoms with Crippen LogP contribution in [-0.4, -0.2) is 30.4 Å². The molecule has 0 fully saturated rings. The smallest absolute Gasteiger partial charge is 0.338 e. The third kappa shape index (κ3) is 6.86. The third-order valence-corrected chi connectivity index (χ3v) is 3.67. The molecule has 1 aromatic carbocycles. The van der Waals surface area contributed by atoms with Crippen molar-refractivity contribution in [2.45, 2.75) is 54.0 Å². The number of amides is 2. The van der Waals surface area contributed by atoms with Gasteiger partial charge in [-0.15, -0.1) is 0 Å². The average molecular weight is 362 g/mol. The van der Waals surface area contributed by atoms with Gasteiger partial charge in [-0.3, -0.25) is 9.59 Å². The van der Waals surface area contributed by atoms with Gasteiger partial charge in [0, 0.05) is 11.1 Å². The highest BCUT2D eigenvalue weighted by Gasteiger charge is 2.28. The Bertz CT molecular complexity index is 630. The van der Waals surface area contributed by atoms with Crippen LogP contribution in [0.15, 0.2) is 24.3 Å². The number of benzene rings is 1. The second-order valence-corrected chi connectivity index (χ2v) is 7.69. The van der Waals surface area contributed by atoms with Crippen molar-refractivity contribution in [1.82, 2.24) is 5.32 Å². The van der Waals surface area contributed by atoms with Crippen LogP contribution < -0.4 is 10.6 Å². The molecule has 144 valence electrons. The van der Waals surface area contributed by atoms with Crippen molar-refractivity contribution < 1.29 is 19.1 Å². The lowest BCUT2D eigenvalue weighted by Gasteiger charge is -2.25. The molecule has 26 heavy (non-hydrogen) atoms. The van der Waals surface area contributed by atoms with Crippen molar-refractivity contribution in [3.63, 3.8) is 0 Å². The lowest BCUT2D eigenvalue weighted by Crippen LogP contribution is -2.48. The molecule has 0 saturated heterocycles. The number of carbonyl (C=O) groups is 3. The molecule has 1 atom stereocenters. The highest BCUT2D eigenvalue weighted by molar-refractivity contribution is 5.98. The number of hydrogen-bond acceptors (Lipinski definition) is 4. The first-order valence-electron chi connectivity index (χ1n) is 8.93. The van der Waals surface area contributed by atoms with E-state index in [0.717, 1.165) is 0 Å². The Balaban J connectivity index is 2.82. The van der Waals surface area contributed by atoms with Gasteiger partial charge in [-0.2, -0.15) is 0 Å². The largest absolute Gasteiger partial charge is 0.462 e. The Morgan fingerprint density at radius 1 is 1.08 bits per heavy atom. The molecule has 2 amide bonds. The van der Waals surface area contributed by atoms with E-state index in [1.165, 1.54) is 0 Å². The molecule has 0 saturated carbocycles. The predicted molar refractivity (Wildman–Crippen MR) is 102 cm³/mol. The van der Waals surface area contributed by atoms with Gasteiger partial charge < -0.3 is 15.4 Å². The van der Waals surface area contributed by atoms with Crippen LogP contribution >= 0.6 is 0 Å². The van der Waals surface area contributed by atoms with Gasteiger partial charge in [0.25, 0.3) is 0 Å². The van der Waals surface area contributed by atoms with E-state index in [0.29, 0.717) is 24.3 Å². The molecule has 0 unspecified atom stereocenters. The minimum atomic E-state index is -0.619. The molecule has 6 heteroatoms. The van der Waals surface area contributed by atoms with Crippen LogP contribution in [0.25, 0.3) is 0 Å². The van der Waals surface area contributed by atoms with E-state index >= 15 is 0 Å². The molecule has 0 aromatic heterocycles. The lowest BCUT2D eigenvalue weighted by atomic mass is 9.94. The third-order valence-electron chi connectivity index (χ3n) is 3.67. The Morgan fingerprint density at radius 2 is 1.65 bits per heavy atom. The van der Waals surface area contributed by atoms with E-state index in [1.54, 1.807) is 52.0 Å². The molecule has 6 nitrogen and oxygen atoms in total. The Hall–Kier alpha value is -2.37. The summed E-state index contributed by atoms with van der Waals surface area (Å²) in [5.74, 6) is -0.603. The molecule has 0 bridgehead atoms. The summed E-state index contributed by atoms with van der Waals surface area (Å²) in [5.41, 5.74) is 0.406. The van der Waals surface area contributed by atoms with Crippen molar-refractivity contribution in [3.8, 4) is 0 Å². The molecule has 2 N–H and O–H groups in total. The van der Waals surface area contributed by atoms with Gasteiger partial charge in [-0.25, -0.2) is 4.79 Å². The highest BCUT2D eigenvalue weighted by atomic mass is 16.5. The summed E-state index contributed by atoms with van der Waals surface area (Å²) in [6, 6.07) is 5.86. The maximum Gasteiger partial charge on any atom is 0.338 e. The summed E-state index contributed by atoms with van der Waals surface area (Å²) in [6.07, 6.45) is 0.536. The SMILES string of the molecule is CCOC(=O)c1ccc(NC(=O)[C@H](CC(C)C)NC(=O)C(C)(C)C)cc1. The van der Waals surface area contributed by atoms with Gasteiger partial charge in [0.05, 0.1) is 12.2 Å². The minimum absolute atomic E-state index is 0.170. The fraction of sp³-hybridized carbons (Fsp3) is 0.550. The number of ether oxygens (including phenoxy) is 1. The summed E-state index contributed by atoms with van der Waals surface area (Å²) in [5, 5.41) is 5.63. The quantitative estimate of drug-likeness (QED) is 0.728. The highest BCUT2D eigenvalue weighted by Crippen LogP contribution is 2.16. The van der Waals surface area contributed by atoms with Crippen LogP contribution in [-0.2, 0) is 14.3 Å². The molecule has 0 radical (unpaired) electrons. The van der Waals surface area contributed by atoms with E-state index in [-0.39, 0.29) is 17.7 Å². The molecule has 0 spiro atoms. The van der Waals surface area contributed by atoms with Crippen molar-refractivity contribution in [3.05, 3.63) is 29.8 Å². The Morgan fingerprint density at radius 3 is 2.12 bits per heavy atom. The normalized spacial score (nSPS) is 12.4. The van der Waals surface area contributed by atoms with Crippen LogP contribution in [0.2, 0.25) is 0 Å². The second-order valence-electron chi connectivity index (χ2n) is 7.69. The molecule has 1 aromatic rings. The molecule has 0 aliphatic heterocycles. The first-order valence-corrected chi connectivity index (χ1v) is 8.93. The topological polar surface area (TPSA) is 84.5 Å². The van der Waals surface area contributed by atoms with Gasteiger partial charge in [0.15, 0.2) is 0 Å². The maximum absolute atomic E-state index is 12.6. The molecular weight excluding hydrogens is 332 g/mol. The summed E-state index contributed by atoms with van der Waals surface area (Å²) in [6.45, 7) is 11.5. The molecule has 0 heterocycles. The fourth-order valence-corrected chi connectivity index (χ4v) is 2.21. The number of esters is 1. The van der Waals surface area contributed by atoms with Gasteiger partial charge in [-0.05, 0) is 43.5 Å². The van der Waals surface area contributed by atoms with E-state index in [2.05, 4.69) is 10.6 Å². The van der Waals surface area contributed by atoms with E-state index in [1.807, 2.05) is 13.8 Å². The molecular formula is C20H30N2O4. The zero-order chi connectivity index (χ0) is 19.9. The number of nitrogens with one attached hydrogen (secondary N) is 2.